The van der Waals surface area contributed by atoms with E-state index in [1.54, 1.807) is 41.5 Å². The van der Waals surface area contributed by atoms with Crippen LogP contribution in [0.25, 0.3) is 6.08 Å². The molecule has 0 atom stereocenters. The summed E-state index contributed by atoms with van der Waals surface area (Å²) in [5.41, 5.74) is -1.03. The minimum atomic E-state index is -0.829. The van der Waals surface area contributed by atoms with Crippen LogP contribution in [-0.4, -0.2) is 32.9 Å². The van der Waals surface area contributed by atoms with Crippen LogP contribution in [0, 0.1) is 0 Å². The number of rotatable bonds is 5. The first kappa shape index (κ1) is 23.1. The second kappa shape index (κ2) is 9.07. The van der Waals surface area contributed by atoms with E-state index in [0.29, 0.717) is 12.1 Å². The van der Waals surface area contributed by atoms with Gasteiger partial charge in [0.15, 0.2) is 0 Å². The smallest absolute Gasteiger partial charge is 0.346 e. The van der Waals surface area contributed by atoms with Crippen molar-refractivity contribution in [1.29, 1.82) is 0 Å². The Hall–Kier alpha value is -3.22. The molecule has 0 aliphatic heterocycles. The van der Waals surface area contributed by atoms with Gasteiger partial charge in [-0.15, -0.1) is 0 Å². The minimum absolute atomic E-state index is 0.302. The molecule has 0 bridgehead atoms. The Morgan fingerprint density at radius 2 is 1.50 bits per heavy atom. The maximum atomic E-state index is 12.6. The standard InChI is InChI=1S/C23H28N2O5/c1-22(2,3)29-20(27)18(21(28)30-23(4,5)6)12-17-13-19(26)25(24-14-17)15-16-10-8-7-9-11-16/h7-14H,15H2,1-6H3. The van der Waals surface area contributed by atoms with Gasteiger partial charge >= 0.3 is 11.9 Å². The first-order chi connectivity index (χ1) is 13.8. The number of benzene rings is 1. The summed E-state index contributed by atoms with van der Waals surface area (Å²) in [4.78, 5) is 37.6. The number of carbonyl (C=O) groups excluding carboxylic acids is 2. The number of esters is 2. The number of nitrogens with zero attached hydrogens (tertiary/aromatic N) is 2. The van der Waals surface area contributed by atoms with Crippen molar-refractivity contribution in [2.24, 2.45) is 0 Å². The van der Waals surface area contributed by atoms with Crippen molar-refractivity contribution in [3.8, 4) is 0 Å². The fraction of sp³-hybridized carbons (Fsp3) is 0.391. The molecule has 0 aliphatic carbocycles. The number of hydrogen-bond acceptors (Lipinski definition) is 6. The summed E-state index contributed by atoms with van der Waals surface area (Å²) in [6, 6.07) is 10.8. The van der Waals surface area contributed by atoms with E-state index in [9.17, 15) is 14.4 Å². The molecule has 160 valence electrons. The number of hydrogen-bond donors (Lipinski definition) is 0. The van der Waals surface area contributed by atoms with Crippen LogP contribution in [-0.2, 0) is 25.6 Å². The minimum Gasteiger partial charge on any atom is -0.456 e. The normalized spacial score (nSPS) is 11.5. The second-order valence-corrected chi connectivity index (χ2v) is 8.83. The van der Waals surface area contributed by atoms with E-state index in [4.69, 9.17) is 9.47 Å². The third-order valence-electron chi connectivity index (χ3n) is 3.61. The fourth-order valence-corrected chi connectivity index (χ4v) is 2.44. The van der Waals surface area contributed by atoms with Crippen molar-refractivity contribution in [2.75, 3.05) is 0 Å². The Morgan fingerprint density at radius 3 is 1.97 bits per heavy atom. The quantitative estimate of drug-likeness (QED) is 0.324. The van der Waals surface area contributed by atoms with Crippen molar-refractivity contribution in [1.82, 2.24) is 9.78 Å². The van der Waals surface area contributed by atoms with Crippen LogP contribution in [0.5, 0.6) is 0 Å². The zero-order chi connectivity index (χ0) is 22.5. The van der Waals surface area contributed by atoms with Gasteiger partial charge in [0.1, 0.15) is 16.8 Å². The molecule has 0 radical (unpaired) electrons. The monoisotopic (exact) mass is 412 g/mol. The highest BCUT2D eigenvalue weighted by molar-refractivity contribution is 6.17. The Morgan fingerprint density at radius 1 is 0.967 bits per heavy atom. The van der Waals surface area contributed by atoms with E-state index in [0.717, 1.165) is 5.56 Å². The van der Waals surface area contributed by atoms with Crippen LogP contribution in [0.2, 0.25) is 0 Å². The zero-order valence-corrected chi connectivity index (χ0v) is 18.3. The van der Waals surface area contributed by atoms with Crippen molar-refractivity contribution in [3.05, 3.63) is 69.6 Å². The number of aromatic nitrogens is 2. The summed E-state index contributed by atoms with van der Waals surface area (Å²) < 4.78 is 12.0. The first-order valence-electron chi connectivity index (χ1n) is 9.63. The molecule has 0 amide bonds. The molecule has 0 spiro atoms. The Balaban J connectivity index is 2.36. The fourth-order valence-electron chi connectivity index (χ4n) is 2.44. The van der Waals surface area contributed by atoms with Gasteiger partial charge in [-0.3, -0.25) is 4.79 Å². The number of ether oxygens (including phenoxy) is 2. The summed E-state index contributed by atoms with van der Waals surface area (Å²) in [5, 5.41) is 4.15. The zero-order valence-electron chi connectivity index (χ0n) is 18.3. The predicted octanol–water partition coefficient (Wildman–Crippen LogP) is 3.36. The lowest BCUT2D eigenvalue weighted by molar-refractivity contribution is -0.158. The first-order valence-corrected chi connectivity index (χ1v) is 9.63. The summed E-state index contributed by atoms with van der Waals surface area (Å²) >= 11 is 0. The number of carbonyl (C=O) groups is 2. The molecule has 1 aromatic heterocycles. The van der Waals surface area contributed by atoms with Crippen LogP contribution in [0.4, 0.5) is 0 Å². The second-order valence-electron chi connectivity index (χ2n) is 8.83. The van der Waals surface area contributed by atoms with Crippen LogP contribution in [0.1, 0.15) is 52.7 Å². The van der Waals surface area contributed by atoms with E-state index in [1.165, 1.54) is 23.0 Å². The van der Waals surface area contributed by atoms with Crippen molar-refractivity contribution < 1.29 is 19.1 Å². The Labute approximate surface area is 176 Å². The van der Waals surface area contributed by atoms with E-state index in [2.05, 4.69) is 5.10 Å². The molecular weight excluding hydrogens is 384 g/mol. The average molecular weight is 412 g/mol. The van der Waals surface area contributed by atoms with Crippen molar-refractivity contribution in [2.45, 2.75) is 59.3 Å². The lowest BCUT2D eigenvalue weighted by Gasteiger charge is -2.23. The van der Waals surface area contributed by atoms with Crippen LogP contribution < -0.4 is 5.56 Å². The SMILES string of the molecule is CC(C)(C)OC(=O)C(=Cc1cnn(Cc2ccccc2)c(=O)c1)C(=O)OC(C)(C)C. The van der Waals surface area contributed by atoms with E-state index in [-0.39, 0.29) is 11.1 Å². The van der Waals surface area contributed by atoms with E-state index in [1.807, 2.05) is 30.3 Å². The topological polar surface area (TPSA) is 87.5 Å². The maximum Gasteiger partial charge on any atom is 0.346 e. The third-order valence-corrected chi connectivity index (χ3v) is 3.61. The lowest BCUT2D eigenvalue weighted by atomic mass is 10.1. The highest BCUT2D eigenvalue weighted by Crippen LogP contribution is 2.18. The summed E-state index contributed by atoms with van der Waals surface area (Å²) in [5.74, 6) is -1.66. The average Bonchev–Trinajstić information content (AvgIpc) is 2.59. The molecule has 2 aromatic rings. The van der Waals surface area contributed by atoms with Gasteiger partial charge in [0.25, 0.3) is 5.56 Å². The van der Waals surface area contributed by atoms with E-state index < -0.39 is 23.1 Å². The van der Waals surface area contributed by atoms with Gasteiger partial charge in [0.05, 0.1) is 12.7 Å². The van der Waals surface area contributed by atoms with Gasteiger partial charge in [0.2, 0.25) is 0 Å². The van der Waals surface area contributed by atoms with Gasteiger partial charge in [-0.05, 0) is 53.2 Å². The molecule has 1 aromatic carbocycles. The Bertz CT molecular complexity index is 963. The largest absolute Gasteiger partial charge is 0.456 e. The van der Waals surface area contributed by atoms with Crippen molar-refractivity contribution >= 4 is 18.0 Å². The summed E-state index contributed by atoms with van der Waals surface area (Å²) in [7, 11) is 0. The predicted molar refractivity (Wildman–Crippen MR) is 114 cm³/mol. The van der Waals surface area contributed by atoms with Gasteiger partial charge in [-0.25, -0.2) is 14.3 Å². The molecule has 0 saturated carbocycles. The van der Waals surface area contributed by atoms with Gasteiger partial charge in [-0.1, -0.05) is 30.3 Å². The van der Waals surface area contributed by atoms with Crippen molar-refractivity contribution in [3.63, 3.8) is 0 Å². The van der Waals surface area contributed by atoms with E-state index >= 15 is 0 Å². The molecule has 7 nitrogen and oxygen atoms in total. The molecule has 7 heteroatoms. The molecule has 0 aliphatic rings. The molecule has 0 unspecified atom stereocenters. The summed E-state index contributed by atoms with van der Waals surface area (Å²) in [6.45, 7) is 10.5. The molecule has 0 saturated heterocycles. The highest BCUT2D eigenvalue weighted by Gasteiger charge is 2.29. The maximum absolute atomic E-state index is 12.6. The molecular formula is C23H28N2O5. The van der Waals surface area contributed by atoms with Gasteiger partial charge in [0, 0.05) is 11.6 Å². The lowest BCUT2D eigenvalue weighted by Crippen LogP contribution is -2.31. The molecule has 30 heavy (non-hydrogen) atoms. The van der Waals surface area contributed by atoms with Gasteiger partial charge < -0.3 is 9.47 Å². The molecule has 1 heterocycles. The highest BCUT2D eigenvalue weighted by atomic mass is 16.6. The third kappa shape index (κ3) is 7.31. The van der Waals surface area contributed by atoms with Crippen LogP contribution in [0.3, 0.4) is 0 Å². The molecule has 0 N–H and O–H groups in total. The summed E-state index contributed by atoms with van der Waals surface area (Å²) in [6.07, 6.45) is 2.68. The van der Waals surface area contributed by atoms with Gasteiger partial charge in [-0.2, -0.15) is 5.10 Å². The van der Waals surface area contributed by atoms with Crippen LogP contribution >= 0.6 is 0 Å². The Kier molecular flexibility index (Phi) is 6.97. The molecule has 2 rings (SSSR count). The molecule has 0 fully saturated rings. The van der Waals surface area contributed by atoms with Crippen LogP contribution in [0.15, 0.2) is 53.0 Å².